The molecule has 4 nitrogen and oxygen atoms in total. The third-order valence-electron chi connectivity index (χ3n) is 3.21. The van der Waals surface area contributed by atoms with E-state index in [2.05, 4.69) is 21.8 Å². The first kappa shape index (κ1) is 12.6. The van der Waals surface area contributed by atoms with Crippen molar-refractivity contribution in [1.29, 1.82) is 0 Å². The summed E-state index contributed by atoms with van der Waals surface area (Å²) in [6, 6.07) is 0. The number of rotatable bonds is 4. The van der Waals surface area contributed by atoms with Gasteiger partial charge in [-0.25, -0.2) is 9.97 Å². The van der Waals surface area contributed by atoms with E-state index >= 15 is 0 Å². The van der Waals surface area contributed by atoms with Gasteiger partial charge in [0.15, 0.2) is 0 Å². The van der Waals surface area contributed by atoms with Gasteiger partial charge in [-0.05, 0) is 12.8 Å². The van der Waals surface area contributed by atoms with Gasteiger partial charge in [-0.15, -0.1) is 0 Å². The minimum Gasteiger partial charge on any atom is -0.396 e. The van der Waals surface area contributed by atoms with Crippen molar-refractivity contribution in [3.63, 3.8) is 0 Å². The van der Waals surface area contributed by atoms with Crippen LogP contribution in [-0.4, -0.2) is 34.8 Å². The third-order valence-corrected chi connectivity index (χ3v) is 3.54. The van der Waals surface area contributed by atoms with Crippen molar-refractivity contribution < 1.29 is 5.11 Å². The van der Waals surface area contributed by atoms with Crippen molar-refractivity contribution in [2.24, 2.45) is 5.92 Å². The van der Waals surface area contributed by atoms with E-state index in [9.17, 15) is 5.11 Å². The predicted molar refractivity (Wildman–Crippen MR) is 68.4 cm³/mol. The molecule has 0 saturated carbocycles. The van der Waals surface area contributed by atoms with Crippen LogP contribution in [0.4, 0.5) is 5.82 Å². The summed E-state index contributed by atoms with van der Waals surface area (Å²) < 4.78 is 0. The molecule has 0 amide bonds. The van der Waals surface area contributed by atoms with Crippen LogP contribution >= 0.6 is 11.6 Å². The minimum atomic E-state index is 0.248. The van der Waals surface area contributed by atoms with Crippen LogP contribution < -0.4 is 4.90 Å². The summed E-state index contributed by atoms with van der Waals surface area (Å²) in [5.74, 6) is 1.31. The molecule has 0 aromatic carbocycles. The monoisotopic (exact) mass is 255 g/mol. The Kier molecular flexibility index (Phi) is 4.18. The van der Waals surface area contributed by atoms with Crippen molar-refractivity contribution in [3.05, 3.63) is 17.0 Å². The topological polar surface area (TPSA) is 49.2 Å². The van der Waals surface area contributed by atoms with Crippen molar-refractivity contribution in [2.45, 2.75) is 26.2 Å². The molecule has 1 atom stereocenters. The highest BCUT2D eigenvalue weighted by atomic mass is 35.5. The molecule has 0 spiro atoms. The molecule has 0 aliphatic carbocycles. The van der Waals surface area contributed by atoms with Crippen molar-refractivity contribution in [2.75, 3.05) is 24.6 Å². The lowest BCUT2D eigenvalue weighted by atomic mass is 10.1. The SMILES string of the molecule is CCCc1c(Cl)ncnc1N1CCC(CO)C1. The molecule has 0 radical (unpaired) electrons. The van der Waals surface area contributed by atoms with Crippen LogP contribution in [0.2, 0.25) is 5.15 Å². The summed E-state index contributed by atoms with van der Waals surface area (Å²) in [4.78, 5) is 10.6. The van der Waals surface area contributed by atoms with Crippen LogP contribution in [-0.2, 0) is 6.42 Å². The number of anilines is 1. The number of hydrogen-bond acceptors (Lipinski definition) is 4. The van der Waals surface area contributed by atoms with Crippen LogP contribution in [0.3, 0.4) is 0 Å². The maximum atomic E-state index is 9.17. The Hall–Kier alpha value is -0.870. The van der Waals surface area contributed by atoms with Crippen LogP contribution in [0, 0.1) is 5.92 Å². The minimum absolute atomic E-state index is 0.248. The van der Waals surface area contributed by atoms with Gasteiger partial charge in [0.1, 0.15) is 17.3 Å². The molecule has 1 unspecified atom stereocenters. The lowest BCUT2D eigenvalue weighted by Gasteiger charge is -2.20. The fourth-order valence-electron chi connectivity index (χ4n) is 2.29. The zero-order valence-corrected chi connectivity index (χ0v) is 10.8. The molecule has 1 aromatic rings. The highest BCUT2D eigenvalue weighted by Gasteiger charge is 2.25. The average Bonchev–Trinajstić information content (AvgIpc) is 2.80. The zero-order chi connectivity index (χ0) is 12.3. The van der Waals surface area contributed by atoms with Gasteiger partial charge in [0.25, 0.3) is 0 Å². The lowest BCUT2D eigenvalue weighted by molar-refractivity contribution is 0.238. The molecule has 1 aliphatic heterocycles. The summed E-state index contributed by atoms with van der Waals surface area (Å²) in [6.07, 6.45) is 4.46. The quantitative estimate of drug-likeness (QED) is 0.835. The number of aromatic nitrogens is 2. The van der Waals surface area contributed by atoms with E-state index in [4.69, 9.17) is 11.6 Å². The summed E-state index contributed by atoms with van der Waals surface area (Å²) in [5, 5.41) is 9.73. The van der Waals surface area contributed by atoms with Crippen molar-refractivity contribution >= 4 is 17.4 Å². The fraction of sp³-hybridized carbons (Fsp3) is 0.667. The maximum absolute atomic E-state index is 9.17. The predicted octanol–water partition coefficient (Wildman–Crippen LogP) is 1.90. The molecule has 17 heavy (non-hydrogen) atoms. The van der Waals surface area contributed by atoms with Gasteiger partial charge in [-0.2, -0.15) is 0 Å². The third kappa shape index (κ3) is 2.69. The standard InChI is InChI=1S/C12H18ClN3O/c1-2-3-10-11(13)14-8-15-12(10)16-5-4-9(6-16)7-17/h8-9,17H,2-7H2,1H3. The Morgan fingerprint density at radius 2 is 2.35 bits per heavy atom. The number of aliphatic hydroxyl groups is 1. The highest BCUT2D eigenvalue weighted by Crippen LogP contribution is 2.28. The molecule has 0 bridgehead atoms. The molecule has 1 fully saturated rings. The lowest BCUT2D eigenvalue weighted by Crippen LogP contribution is -2.23. The van der Waals surface area contributed by atoms with Gasteiger partial charge in [0.05, 0.1) is 0 Å². The van der Waals surface area contributed by atoms with E-state index < -0.39 is 0 Å². The Morgan fingerprint density at radius 1 is 1.53 bits per heavy atom. The Labute approximate surface area is 107 Å². The molecular weight excluding hydrogens is 238 g/mol. The first-order chi connectivity index (χ1) is 8.26. The summed E-state index contributed by atoms with van der Waals surface area (Å²) in [7, 11) is 0. The fourth-order valence-corrected chi connectivity index (χ4v) is 2.52. The second kappa shape index (κ2) is 5.65. The van der Waals surface area contributed by atoms with Gasteiger partial charge in [-0.1, -0.05) is 24.9 Å². The largest absolute Gasteiger partial charge is 0.396 e. The van der Waals surface area contributed by atoms with E-state index in [0.717, 1.165) is 43.7 Å². The zero-order valence-electron chi connectivity index (χ0n) is 10.1. The molecule has 5 heteroatoms. The van der Waals surface area contributed by atoms with Gasteiger partial charge < -0.3 is 10.0 Å². The molecule has 1 saturated heterocycles. The summed E-state index contributed by atoms with van der Waals surface area (Å²) >= 11 is 6.13. The van der Waals surface area contributed by atoms with E-state index in [0.29, 0.717) is 11.1 Å². The number of halogens is 1. The number of aliphatic hydroxyl groups excluding tert-OH is 1. The molecule has 1 aromatic heterocycles. The smallest absolute Gasteiger partial charge is 0.137 e. The molecule has 1 N–H and O–H groups in total. The Morgan fingerprint density at radius 3 is 3.00 bits per heavy atom. The Bertz CT molecular complexity index is 386. The van der Waals surface area contributed by atoms with Crippen LogP contribution in [0.25, 0.3) is 0 Å². The van der Waals surface area contributed by atoms with E-state index in [-0.39, 0.29) is 6.61 Å². The number of hydrogen-bond donors (Lipinski definition) is 1. The highest BCUT2D eigenvalue weighted by molar-refractivity contribution is 6.30. The Balaban J connectivity index is 2.23. The van der Waals surface area contributed by atoms with E-state index in [1.165, 1.54) is 6.33 Å². The van der Waals surface area contributed by atoms with E-state index in [1.54, 1.807) is 0 Å². The van der Waals surface area contributed by atoms with Crippen molar-refractivity contribution in [1.82, 2.24) is 9.97 Å². The van der Waals surface area contributed by atoms with Crippen LogP contribution in [0.1, 0.15) is 25.3 Å². The van der Waals surface area contributed by atoms with E-state index in [1.807, 2.05) is 0 Å². The second-order valence-corrected chi connectivity index (χ2v) is 4.86. The second-order valence-electron chi connectivity index (χ2n) is 4.50. The maximum Gasteiger partial charge on any atom is 0.137 e. The first-order valence-corrected chi connectivity index (χ1v) is 6.49. The summed E-state index contributed by atoms with van der Waals surface area (Å²) in [5.41, 5.74) is 1.04. The van der Waals surface area contributed by atoms with Gasteiger partial charge in [0.2, 0.25) is 0 Å². The average molecular weight is 256 g/mol. The molecular formula is C12H18ClN3O. The normalized spacial score (nSPS) is 19.9. The van der Waals surface area contributed by atoms with Gasteiger partial charge >= 0.3 is 0 Å². The van der Waals surface area contributed by atoms with Crippen LogP contribution in [0.5, 0.6) is 0 Å². The van der Waals surface area contributed by atoms with Crippen LogP contribution in [0.15, 0.2) is 6.33 Å². The number of nitrogens with zero attached hydrogens (tertiary/aromatic N) is 3. The van der Waals surface area contributed by atoms with Crippen molar-refractivity contribution in [3.8, 4) is 0 Å². The molecule has 2 heterocycles. The summed E-state index contributed by atoms with van der Waals surface area (Å²) in [6.45, 7) is 4.17. The van der Waals surface area contributed by atoms with Gasteiger partial charge in [-0.3, -0.25) is 0 Å². The first-order valence-electron chi connectivity index (χ1n) is 6.11. The molecule has 94 valence electrons. The van der Waals surface area contributed by atoms with Gasteiger partial charge in [0, 0.05) is 31.2 Å². The molecule has 2 rings (SSSR count). The molecule has 1 aliphatic rings.